The second-order valence-electron chi connectivity index (χ2n) is 5.22. The van der Waals surface area contributed by atoms with E-state index in [0.717, 1.165) is 30.1 Å². The normalized spacial score (nSPS) is 21.1. The molecule has 1 aliphatic rings. The summed E-state index contributed by atoms with van der Waals surface area (Å²) in [6, 6.07) is 6.36. The van der Waals surface area contributed by atoms with E-state index in [4.69, 9.17) is 16.3 Å². The minimum atomic E-state index is 0.361. The van der Waals surface area contributed by atoms with Crippen molar-refractivity contribution in [2.45, 2.75) is 38.5 Å². The highest BCUT2D eigenvalue weighted by atomic mass is 35.5. The standard InChI is InChI=1S/C15H19ClN2O/c1-10(15-3-2-6-19-15)17-8-11-9-18-14-7-12(16)4-5-13(11)14/h4-5,7,9-10,15,17-18H,2-3,6,8H2,1H3. The summed E-state index contributed by atoms with van der Waals surface area (Å²) >= 11 is 5.99. The molecule has 2 aromatic rings. The van der Waals surface area contributed by atoms with Crippen LogP contribution in [0.4, 0.5) is 0 Å². The summed E-state index contributed by atoms with van der Waals surface area (Å²) < 4.78 is 5.70. The van der Waals surface area contributed by atoms with Crippen molar-refractivity contribution in [1.29, 1.82) is 0 Å². The van der Waals surface area contributed by atoms with E-state index in [1.165, 1.54) is 17.4 Å². The molecule has 2 atom stereocenters. The maximum Gasteiger partial charge on any atom is 0.0726 e. The summed E-state index contributed by atoms with van der Waals surface area (Å²) in [6.45, 7) is 3.95. The highest BCUT2D eigenvalue weighted by Crippen LogP contribution is 2.22. The van der Waals surface area contributed by atoms with Gasteiger partial charge in [-0.2, -0.15) is 0 Å². The van der Waals surface area contributed by atoms with Gasteiger partial charge in [0.05, 0.1) is 6.10 Å². The Morgan fingerprint density at radius 3 is 3.21 bits per heavy atom. The van der Waals surface area contributed by atoms with Crippen LogP contribution >= 0.6 is 11.6 Å². The van der Waals surface area contributed by atoms with Gasteiger partial charge in [0.2, 0.25) is 0 Å². The molecule has 2 unspecified atom stereocenters. The molecule has 0 aliphatic carbocycles. The van der Waals surface area contributed by atoms with Crippen molar-refractivity contribution >= 4 is 22.5 Å². The van der Waals surface area contributed by atoms with E-state index in [1.54, 1.807) is 0 Å². The van der Waals surface area contributed by atoms with Crippen molar-refractivity contribution in [1.82, 2.24) is 10.3 Å². The van der Waals surface area contributed by atoms with Crippen LogP contribution < -0.4 is 5.32 Å². The summed E-state index contributed by atoms with van der Waals surface area (Å²) in [5, 5.41) is 5.55. The lowest BCUT2D eigenvalue weighted by Crippen LogP contribution is -2.36. The van der Waals surface area contributed by atoms with Gasteiger partial charge in [-0.15, -0.1) is 0 Å². The lowest BCUT2D eigenvalue weighted by atomic mass is 10.1. The van der Waals surface area contributed by atoms with Crippen LogP contribution in [0.25, 0.3) is 10.9 Å². The second-order valence-corrected chi connectivity index (χ2v) is 5.66. The zero-order valence-corrected chi connectivity index (χ0v) is 11.8. The summed E-state index contributed by atoms with van der Waals surface area (Å²) in [6.07, 6.45) is 4.76. The van der Waals surface area contributed by atoms with Gasteiger partial charge < -0.3 is 15.0 Å². The Morgan fingerprint density at radius 1 is 1.53 bits per heavy atom. The van der Waals surface area contributed by atoms with Crippen molar-refractivity contribution in [3.05, 3.63) is 35.0 Å². The van der Waals surface area contributed by atoms with Gasteiger partial charge in [-0.25, -0.2) is 0 Å². The van der Waals surface area contributed by atoms with Crippen molar-refractivity contribution in [2.24, 2.45) is 0 Å². The fourth-order valence-electron chi connectivity index (χ4n) is 2.70. The zero-order chi connectivity index (χ0) is 13.2. The molecule has 0 bridgehead atoms. The van der Waals surface area contributed by atoms with Gasteiger partial charge >= 0.3 is 0 Å². The number of ether oxygens (including phenoxy) is 1. The van der Waals surface area contributed by atoms with Gasteiger partial charge in [0, 0.05) is 41.3 Å². The van der Waals surface area contributed by atoms with Crippen LogP contribution in [0.15, 0.2) is 24.4 Å². The fraction of sp³-hybridized carbons (Fsp3) is 0.467. The van der Waals surface area contributed by atoms with E-state index < -0.39 is 0 Å². The van der Waals surface area contributed by atoms with E-state index in [0.29, 0.717) is 12.1 Å². The van der Waals surface area contributed by atoms with Gasteiger partial charge in [-0.1, -0.05) is 17.7 Å². The van der Waals surface area contributed by atoms with E-state index in [-0.39, 0.29) is 0 Å². The molecule has 3 nitrogen and oxygen atoms in total. The van der Waals surface area contributed by atoms with Crippen LogP contribution in [-0.4, -0.2) is 23.7 Å². The smallest absolute Gasteiger partial charge is 0.0726 e. The molecule has 1 fully saturated rings. The van der Waals surface area contributed by atoms with Crippen LogP contribution in [0.2, 0.25) is 5.02 Å². The molecule has 4 heteroatoms. The minimum Gasteiger partial charge on any atom is -0.377 e. The maximum atomic E-state index is 5.99. The van der Waals surface area contributed by atoms with E-state index >= 15 is 0 Å². The molecule has 3 rings (SSSR count). The first-order valence-corrected chi connectivity index (χ1v) is 7.22. The monoisotopic (exact) mass is 278 g/mol. The number of hydrogen-bond acceptors (Lipinski definition) is 2. The molecule has 1 aliphatic heterocycles. The summed E-state index contributed by atoms with van der Waals surface area (Å²) in [5.41, 5.74) is 2.37. The largest absolute Gasteiger partial charge is 0.377 e. The highest BCUT2D eigenvalue weighted by Gasteiger charge is 2.21. The van der Waals surface area contributed by atoms with E-state index in [1.807, 2.05) is 12.1 Å². The van der Waals surface area contributed by atoms with Gasteiger partial charge in [-0.05, 0) is 37.5 Å². The minimum absolute atomic E-state index is 0.361. The van der Waals surface area contributed by atoms with E-state index in [2.05, 4.69) is 29.5 Å². The topological polar surface area (TPSA) is 37.0 Å². The molecular weight excluding hydrogens is 260 g/mol. The van der Waals surface area contributed by atoms with Crippen LogP contribution in [0, 0.1) is 0 Å². The Balaban J connectivity index is 1.68. The van der Waals surface area contributed by atoms with Crippen molar-refractivity contribution in [3.8, 4) is 0 Å². The first-order chi connectivity index (χ1) is 9.24. The Hall–Kier alpha value is -1.03. The first-order valence-electron chi connectivity index (χ1n) is 6.84. The van der Waals surface area contributed by atoms with Crippen LogP contribution in [-0.2, 0) is 11.3 Å². The number of fused-ring (bicyclic) bond motifs is 1. The molecule has 0 saturated carbocycles. The molecule has 0 radical (unpaired) electrons. The van der Waals surface area contributed by atoms with Crippen LogP contribution in [0.3, 0.4) is 0 Å². The molecule has 1 aromatic heterocycles. The van der Waals surface area contributed by atoms with Gasteiger partial charge in [-0.3, -0.25) is 0 Å². The Bertz CT molecular complexity index is 560. The van der Waals surface area contributed by atoms with Gasteiger partial charge in [0.1, 0.15) is 0 Å². The number of H-pyrrole nitrogens is 1. The molecule has 102 valence electrons. The third kappa shape index (κ3) is 2.78. The molecule has 1 aromatic carbocycles. The molecule has 2 heterocycles. The third-order valence-corrected chi connectivity index (χ3v) is 4.10. The molecule has 1 saturated heterocycles. The quantitative estimate of drug-likeness (QED) is 0.898. The van der Waals surface area contributed by atoms with Crippen molar-refractivity contribution < 1.29 is 4.74 Å². The van der Waals surface area contributed by atoms with E-state index in [9.17, 15) is 0 Å². The Morgan fingerprint density at radius 2 is 2.42 bits per heavy atom. The predicted octanol–water partition coefficient (Wildman–Crippen LogP) is 3.48. The number of nitrogens with one attached hydrogen (secondary N) is 2. The number of benzene rings is 1. The SMILES string of the molecule is CC(NCc1c[nH]c2cc(Cl)ccc12)C1CCCO1. The first kappa shape index (κ1) is 13.0. The van der Waals surface area contributed by atoms with Crippen LogP contribution in [0.1, 0.15) is 25.3 Å². The van der Waals surface area contributed by atoms with Crippen LogP contribution in [0.5, 0.6) is 0 Å². The lowest BCUT2D eigenvalue weighted by molar-refractivity contribution is 0.0832. The van der Waals surface area contributed by atoms with Crippen molar-refractivity contribution in [2.75, 3.05) is 6.61 Å². The summed E-state index contributed by atoms with van der Waals surface area (Å²) in [7, 11) is 0. The Kier molecular flexibility index (Phi) is 3.78. The number of halogens is 1. The number of aromatic amines is 1. The second kappa shape index (κ2) is 5.53. The number of rotatable bonds is 4. The molecule has 19 heavy (non-hydrogen) atoms. The zero-order valence-electron chi connectivity index (χ0n) is 11.1. The molecule has 0 amide bonds. The maximum absolute atomic E-state index is 5.99. The average molecular weight is 279 g/mol. The average Bonchev–Trinajstić information content (AvgIpc) is 3.05. The third-order valence-electron chi connectivity index (χ3n) is 3.87. The number of hydrogen-bond donors (Lipinski definition) is 2. The highest BCUT2D eigenvalue weighted by molar-refractivity contribution is 6.31. The lowest BCUT2D eigenvalue weighted by Gasteiger charge is -2.19. The summed E-state index contributed by atoms with van der Waals surface area (Å²) in [5.74, 6) is 0. The number of aromatic nitrogens is 1. The molecular formula is C15H19ClN2O. The molecule has 0 spiro atoms. The van der Waals surface area contributed by atoms with Crippen molar-refractivity contribution in [3.63, 3.8) is 0 Å². The fourth-order valence-corrected chi connectivity index (χ4v) is 2.88. The Labute approximate surface area is 118 Å². The van der Waals surface area contributed by atoms with Gasteiger partial charge in [0.15, 0.2) is 0 Å². The predicted molar refractivity (Wildman–Crippen MR) is 78.6 cm³/mol. The summed E-state index contributed by atoms with van der Waals surface area (Å²) in [4.78, 5) is 3.27. The van der Waals surface area contributed by atoms with Gasteiger partial charge in [0.25, 0.3) is 0 Å². The molecule has 2 N–H and O–H groups in total.